The van der Waals surface area contributed by atoms with Gasteiger partial charge in [0.15, 0.2) is 11.6 Å². The van der Waals surface area contributed by atoms with Crippen LogP contribution in [-0.4, -0.2) is 18.9 Å². The molecule has 0 saturated heterocycles. The Balaban J connectivity index is 1.37. The van der Waals surface area contributed by atoms with Crippen molar-refractivity contribution in [2.45, 2.75) is 23.2 Å². The lowest BCUT2D eigenvalue weighted by atomic mass is 9.58. The topological polar surface area (TPSA) is 83.5 Å². The van der Waals surface area contributed by atoms with Crippen LogP contribution in [0.1, 0.15) is 40.5 Å². The molecule has 8 rings (SSSR count). The summed E-state index contributed by atoms with van der Waals surface area (Å²) in [7, 11) is -5.91. The van der Waals surface area contributed by atoms with Gasteiger partial charge < -0.3 is 9.29 Å². The normalized spacial score (nSPS) is 19.3. The summed E-state index contributed by atoms with van der Waals surface area (Å²) in [6, 6.07) is 23.5. The van der Waals surface area contributed by atoms with Gasteiger partial charge in [0.05, 0.1) is 5.92 Å². The van der Waals surface area contributed by atoms with Crippen molar-refractivity contribution in [1.82, 2.24) is 0 Å². The van der Waals surface area contributed by atoms with Crippen molar-refractivity contribution in [3.8, 4) is 5.75 Å². The van der Waals surface area contributed by atoms with E-state index in [0.717, 1.165) is 43.8 Å². The molecule has 1 atom stereocenters. The largest absolute Gasteiger partial charge is 0.744 e. The Morgan fingerprint density at radius 3 is 1.54 bits per heavy atom. The monoisotopic (exact) mass is 577 g/mol. The fourth-order valence-electron chi connectivity index (χ4n) is 6.41. The number of carbonyl (C=O) groups excluding carboxylic acids is 1. The predicted octanol–water partition coefficient (Wildman–Crippen LogP) is 6.66. The van der Waals surface area contributed by atoms with E-state index in [1.165, 1.54) is 0 Å². The second-order valence-electron chi connectivity index (χ2n) is 10.3. The number of benzene rings is 5. The Kier molecular flexibility index (Phi) is 5.55. The molecule has 0 aromatic heterocycles. The number of fused-ring (bicyclic) bond motifs is 3. The van der Waals surface area contributed by atoms with Gasteiger partial charge in [0.1, 0.15) is 15.0 Å². The van der Waals surface area contributed by atoms with Crippen LogP contribution in [0.3, 0.4) is 0 Å². The Labute approximate surface area is 230 Å². The smallest absolute Gasteiger partial charge is 0.315 e. The van der Waals surface area contributed by atoms with E-state index in [-0.39, 0.29) is 12.3 Å². The highest BCUT2D eigenvalue weighted by Gasteiger charge is 2.48. The molecular weight excluding hydrogens is 560 g/mol. The minimum Gasteiger partial charge on any atom is -0.744 e. The van der Waals surface area contributed by atoms with Crippen LogP contribution in [0, 0.1) is 29.2 Å². The highest BCUT2D eigenvalue weighted by atomic mass is 32.2. The second kappa shape index (κ2) is 8.86. The molecule has 3 aliphatic rings. The first-order valence-corrected chi connectivity index (χ1v) is 14.0. The lowest BCUT2D eigenvalue weighted by Gasteiger charge is -2.44. The third kappa shape index (κ3) is 3.78. The summed E-state index contributed by atoms with van der Waals surface area (Å²) in [5.74, 6) is -14.3. The summed E-state index contributed by atoms with van der Waals surface area (Å²) in [6.07, 6.45) is 0.196. The third-order valence-corrected chi connectivity index (χ3v) is 9.01. The maximum atomic E-state index is 14.7. The summed E-state index contributed by atoms with van der Waals surface area (Å²) in [4.78, 5) is 11.2. The first kappa shape index (κ1) is 25.7. The zero-order valence-corrected chi connectivity index (χ0v) is 21.6. The fraction of sp³-hybridized carbons (Fsp3) is 0.129. The number of ether oxygens (including phenoxy) is 1. The molecule has 0 amide bonds. The summed E-state index contributed by atoms with van der Waals surface area (Å²) in [5, 5.41) is 3.85. The first-order valence-electron chi connectivity index (χ1n) is 12.6. The van der Waals surface area contributed by atoms with Gasteiger partial charge in [-0.25, -0.2) is 17.2 Å². The van der Waals surface area contributed by atoms with Gasteiger partial charge in [0.25, 0.3) is 0 Å². The van der Waals surface area contributed by atoms with Crippen LogP contribution < -0.4 is 4.74 Å². The molecule has 206 valence electrons. The molecule has 2 bridgehead atoms. The highest BCUT2D eigenvalue weighted by molar-refractivity contribution is 7.85. The van der Waals surface area contributed by atoms with Crippen molar-refractivity contribution in [3.63, 3.8) is 0 Å². The van der Waals surface area contributed by atoms with E-state index < -0.39 is 61.8 Å². The minimum absolute atomic E-state index is 0.196. The van der Waals surface area contributed by atoms with Crippen LogP contribution in [0.15, 0.2) is 77.7 Å². The molecule has 0 fully saturated rings. The van der Waals surface area contributed by atoms with Crippen molar-refractivity contribution < 1.29 is 40.1 Å². The predicted molar refractivity (Wildman–Crippen MR) is 140 cm³/mol. The number of hydrogen-bond donors (Lipinski definition) is 0. The Morgan fingerprint density at radius 1 is 0.707 bits per heavy atom. The molecule has 0 heterocycles. The van der Waals surface area contributed by atoms with Crippen molar-refractivity contribution >= 4 is 37.6 Å². The minimum atomic E-state index is -5.91. The van der Waals surface area contributed by atoms with Crippen LogP contribution in [0.5, 0.6) is 5.75 Å². The maximum Gasteiger partial charge on any atom is 0.315 e. The Hall–Kier alpha value is -4.28. The van der Waals surface area contributed by atoms with Gasteiger partial charge in [0.2, 0.25) is 17.4 Å². The summed E-state index contributed by atoms with van der Waals surface area (Å²) in [5.41, 5.74) is 3.66. The van der Waals surface area contributed by atoms with Gasteiger partial charge in [-0.3, -0.25) is 4.79 Å². The van der Waals surface area contributed by atoms with Gasteiger partial charge >= 0.3 is 5.97 Å². The van der Waals surface area contributed by atoms with Gasteiger partial charge in [-0.1, -0.05) is 72.8 Å². The number of carbonyl (C=O) groups is 1. The first-order chi connectivity index (χ1) is 19.5. The molecule has 5 nitrogen and oxygen atoms in total. The molecule has 0 saturated carbocycles. The highest BCUT2D eigenvalue weighted by Crippen LogP contribution is 2.57. The Bertz CT molecular complexity index is 1960. The van der Waals surface area contributed by atoms with E-state index in [1.807, 2.05) is 60.7 Å². The lowest BCUT2D eigenvalue weighted by Crippen LogP contribution is -2.38. The van der Waals surface area contributed by atoms with E-state index in [0.29, 0.717) is 0 Å². The maximum absolute atomic E-state index is 14.7. The van der Waals surface area contributed by atoms with E-state index in [2.05, 4.69) is 12.1 Å². The molecule has 3 aliphatic carbocycles. The van der Waals surface area contributed by atoms with Crippen LogP contribution in [0.2, 0.25) is 0 Å². The molecule has 0 radical (unpaired) electrons. The van der Waals surface area contributed by atoms with E-state index >= 15 is 0 Å². The molecular formula is C31H17F4O5S-. The number of hydrogen-bond acceptors (Lipinski definition) is 5. The van der Waals surface area contributed by atoms with Gasteiger partial charge in [0, 0.05) is 11.8 Å². The number of halogens is 4. The molecule has 0 spiro atoms. The molecule has 5 aromatic rings. The SMILES string of the molecule is O=C(Oc1c(F)c(F)c(S(=O)(=O)[O-])c(F)c1F)C1CC2c3cc4ccccc4cc3C1c1cc3ccccc3cc12. The van der Waals surface area contributed by atoms with Gasteiger partial charge in [-0.15, -0.1) is 0 Å². The fourth-order valence-corrected chi connectivity index (χ4v) is 7.03. The number of esters is 1. The second-order valence-corrected chi connectivity index (χ2v) is 11.6. The van der Waals surface area contributed by atoms with E-state index in [1.54, 1.807) is 0 Å². The molecule has 10 heteroatoms. The summed E-state index contributed by atoms with van der Waals surface area (Å²) >= 11 is 0. The quantitative estimate of drug-likeness (QED) is 0.0788. The average molecular weight is 578 g/mol. The molecule has 0 N–H and O–H groups in total. The average Bonchev–Trinajstić information content (AvgIpc) is 2.95. The van der Waals surface area contributed by atoms with Gasteiger partial charge in [-0.05, 0) is 50.2 Å². The van der Waals surface area contributed by atoms with Crippen LogP contribution >= 0.6 is 0 Å². The Morgan fingerprint density at radius 2 is 1.12 bits per heavy atom. The zero-order valence-electron chi connectivity index (χ0n) is 20.8. The standard InChI is InChI=1S/C31H18F4O5S/c32-25-27(34)30(41(37,38)39)28(35)26(33)29(25)40-31(36)23-13-20-18-9-14-5-1-3-7-16(14)11-21(18)24(23)22-12-17-8-4-2-6-15(17)10-19(20)22/h1-12,20,23-24H,13H2,(H,37,38,39)/p-1. The van der Waals surface area contributed by atoms with Gasteiger partial charge in [-0.2, -0.15) is 8.78 Å². The number of rotatable bonds is 3. The van der Waals surface area contributed by atoms with Crippen molar-refractivity contribution in [1.29, 1.82) is 0 Å². The van der Waals surface area contributed by atoms with E-state index in [4.69, 9.17) is 4.74 Å². The van der Waals surface area contributed by atoms with E-state index in [9.17, 15) is 35.3 Å². The summed E-state index contributed by atoms with van der Waals surface area (Å²) < 4.78 is 96.7. The molecule has 41 heavy (non-hydrogen) atoms. The van der Waals surface area contributed by atoms with Crippen LogP contribution in [-0.2, 0) is 14.9 Å². The van der Waals surface area contributed by atoms with Crippen LogP contribution in [0.25, 0.3) is 21.5 Å². The lowest BCUT2D eigenvalue weighted by molar-refractivity contribution is -0.140. The van der Waals surface area contributed by atoms with Crippen molar-refractivity contribution in [3.05, 3.63) is 118 Å². The summed E-state index contributed by atoms with van der Waals surface area (Å²) in [6.45, 7) is 0. The molecule has 1 unspecified atom stereocenters. The molecule has 0 aliphatic heterocycles. The molecule has 5 aromatic carbocycles. The third-order valence-electron chi connectivity index (χ3n) is 8.15. The van der Waals surface area contributed by atoms with Crippen LogP contribution in [0.4, 0.5) is 17.6 Å². The zero-order chi connectivity index (χ0) is 28.8. The van der Waals surface area contributed by atoms with Crippen molar-refractivity contribution in [2.75, 3.05) is 0 Å². The van der Waals surface area contributed by atoms with Crippen molar-refractivity contribution in [2.24, 2.45) is 5.92 Å².